The molecule has 1 aromatic rings. The molecule has 1 fully saturated rings. The maximum absolute atomic E-state index is 10.7. The van der Waals surface area contributed by atoms with E-state index in [1.54, 1.807) is 0 Å². The van der Waals surface area contributed by atoms with Crippen molar-refractivity contribution in [3.8, 4) is 0 Å². The van der Waals surface area contributed by atoms with Crippen LogP contribution in [0.25, 0.3) is 0 Å². The Labute approximate surface area is 113 Å². The van der Waals surface area contributed by atoms with Crippen molar-refractivity contribution in [2.45, 2.75) is 31.8 Å². The second kappa shape index (κ2) is 6.54. The number of carbonyl (C=O) groups excluding carboxylic acids is 1. The largest absolute Gasteiger partial charge is 0.351 e. The molecule has 0 aliphatic carbocycles. The summed E-state index contributed by atoms with van der Waals surface area (Å²) in [7, 11) is 0. The Kier molecular flexibility index (Phi) is 4.76. The number of amides is 2. The molecule has 0 radical (unpaired) electrons. The van der Waals surface area contributed by atoms with Crippen LogP contribution < -0.4 is 21.7 Å². The molecule has 2 amide bonds. The molecular formula is C14H22N4O. The molecule has 5 nitrogen and oxygen atoms in total. The number of piperidine rings is 1. The van der Waals surface area contributed by atoms with Gasteiger partial charge in [0.1, 0.15) is 0 Å². The van der Waals surface area contributed by atoms with E-state index in [1.807, 2.05) is 24.3 Å². The number of carbonyl (C=O) groups is 1. The van der Waals surface area contributed by atoms with Crippen molar-refractivity contribution < 1.29 is 4.79 Å². The zero-order chi connectivity index (χ0) is 13.7. The number of hydrogen-bond acceptors (Lipinski definition) is 3. The highest BCUT2D eigenvalue weighted by molar-refractivity contribution is 5.87. The normalized spacial score (nSPS) is 20.8. The average Bonchev–Trinajstić information content (AvgIpc) is 2.40. The number of primary amides is 1. The molecule has 1 heterocycles. The molecular weight excluding hydrogens is 240 g/mol. The molecule has 2 unspecified atom stereocenters. The van der Waals surface area contributed by atoms with Gasteiger partial charge >= 0.3 is 6.03 Å². The van der Waals surface area contributed by atoms with Gasteiger partial charge < -0.3 is 21.7 Å². The van der Waals surface area contributed by atoms with Crippen LogP contribution in [0, 0.1) is 0 Å². The second-order valence-electron chi connectivity index (χ2n) is 5.04. The van der Waals surface area contributed by atoms with Gasteiger partial charge in [-0.2, -0.15) is 0 Å². The molecule has 1 saturated heterocycles. The maximum Gasteiger partial charge on any atom is 0.316 e. The third kappa shape index (κ3) is 4.22. The van der Waals surface area contributed by atoms with Crippen molar-refractivity contribution in [3.63, 3.8) is 0 Å². The van der Waals surface area contributed by atoms with Crippen molar-refractivity contribution in [2.75, 3.05) is 18.4 Å². The van der Waals surface area contributed by atoms with E-state index in [0.717, 1.165) is 18.8 Å². The van der Waals surface area contributed by atoms with Gasteiger partial charge in [0.25, 0.3) is 0 Å². The lowest BCUT2D eigenvalue weighted by Gasteiger charge is -2.27. The predicted molar refractivity (Wildman–Crippen MR) is 77.1 cm³/mol. The van der Waals surface area contributed by atoms with Crippen molar-refractivity contribution in [2.24, 2.45) is 5.73 Å². The van der Waals surface area contributed by atoms with Crippen LogP contribution in [0.4, 0.5) is 10.5 Å². The summed E-state index contributed by atoms with van der Waals surface area (Å²) in [5, 5.41) is 9.58. The zero-order valence-electron chi connectivity index (χ0n) is 11.3. The van der Waals surface area contributed by atoms with Crippen LogP contribution in [-0.4, -0.2) is 25.2 Å². The minimum absolute atomic E-state index is 0.299. The summed E-state index contributed by atoms with van der Waals surface area (Å²) < 4.78 is 0. The van der Waals surface area contributed by atoms with Crippen LogP contribution in [0.15, 0.2) is 24.3 Å². The lowest BCUT2D eigenvalue weighted by atomic mass is 10.0. The third-order valence-corrected chi connectivity index (χ3v) is 3.46. The Balaban J connectivity index is 1.91. The molecule has 104 valence electrons. The summed E-state index contributed by atoms with van der Waals surface area (Å²) in [6, 6.07) is 8.07. The molecule has 19 heavy (non-hydrogen) atoms. The van der Waals surface area contributed by atoms with Crippen LogP contribution in [0.5, 0.6) is 0 Å². The van der Waals surface area contributed by atoms with Crippen molar-refractivity contribution >= 4 is 11.7 Å². The van der Waals surface area contributed by atoms with Gasteiger partial charge in [0, 0.05) is 24.3 Å². The van der Waals surface area contributed by atoms with Crippen LogP contribution in [-0.2, 0) is 0 Å². The van der Waals surface area contributed by atoms with E-state index < -0.39 is 6.03 Å². The Morgan fingerprint density at radius 1 is 1.42 bits per heavy atom. The number of anilines is 1. The molecule has 0 aromatic heterocycles. The lowest BCUT2D eigenvalue weighted by Crippen LogP contribution is -2.43. The highest BCUT2D eigenvalue weighted by atomic mass is 16.2. The Morgan fingerprint density at radius 2 is 2.16 bits per heavy atom. The molecule has 2 atom stereocenters. The summed E-state index contributed by atoms with van der Waals surface area (Å²) in [6.07, 6.45) is 2.45. The maximum atomic E-state index is 10.7. The number of rotatable bonds is 4. The third-order valence-electron chi connectivity index (χ3n) is 3.46. The van der Waals surface area contributed by atoms with Crippen LogP contribution in [0.3, 0.4) is 0 Å². The first-order valence-corrected chi connectivity index (χ1v) is 6.78. The fourth-order valence-electron chi connectivity index (χ4n) is 2.44. The van der Waals surface area contributed by atoms with E-state index in [2.05, 4.69) is 22.9 Å². The monoisotopic (exact) mass is 262 g/mol. The Bertz CT molecular complexity index is 412. The van der Waals surface area contributed by atoms with Crippen LogP contribution in [0.1, 0.15) is 31.4 Å². The molecule has 1 aliphatic rings. The molecule has 2 rings (SSSR count). The van der Waals surface area contributed by atoms with E-state index in [9.17, 15) is 4.79 Å². The Hall–Kier alpha value is -1.59. The molecule has 5 heteroatoms. The molecule has 0 spiro atoms. The molecule has 1 aliphatic heterocycles. The van der Waals surface area contributed by atoms with E-state index >= 15 is 0 Å². The number of benzene rings is 1. The highest BCUT2D eigenvalue weighted by Crippen LogP contribution is 2.17. The van der Waals surface area contributed by atoms with Gasteiger partial charge in [0.15, 0.2) is 0 Å². The minimum Gasteiger partial charge on any atom is -0.351 e. The van der Waals surface area contributed by atoms with Crippen molar-refractivity contribution in [3.05, 3.63) is 29.8 Å². The van der Waals surface area contributed by atoms with Gasteiger partial charge in [-0.1, -0.05) is 12.1 Å². The van der Waals surface area contributed by atoms with Crippen LogP contribution >= 0.6 is 0 Å². The van der Waals surface area contributed by atoms with Crippen LogP contribution in [0.2, 0.25) is 0 Å². The molecule has 5 N–H and O–H groups in total. The fraction of sp³-hybridized carbons (Fsp3) is 0.500. The van der Waals surface area contributed by atoms with E-state index in [4.69, 9.17) is 5.73 Å². The first kappa shape index (κ1) is 13.8. The number of nitrogens with one attached hydrogen (secondary N) is 3. The van der Waals surface area contributed by atoms with Gasteiger partial charge in [0.2, 0.25) is 0 Å². The SMILES string of the molecule is CC(NC1CCCNC1)c1ccc(NC(N)=O)cc1. The first-order chi connectivity index (χ1) is 9.15. The van der Waals surface area contributed by atoms with Gasteiger partial charge in [-0.3, -0.25) is 0 Å². The summed E-state index contributed by atoms with van der Waals surface area (Å²) in [5.74, 6) is 0. The second-order valence-corrected chi connectivity index (χ2v) is 5.04. The topological polar surface area (TPSA) is 79.2 Å². The van der Waals surface area contributed by atoms with Gasteiger partial charge in [0.05, 0.1) is 0 Å². The first-order valence-electron chi connectivity index (χ1n) is 6.78. The molecule has 0 saturated carbocycles. The minimum atomic E-state index is -0.535. The van der Waals surface area contributed by atoms with E-state index in [-0.39, 0.29) is 0 Å². The number of nitrogens with two attached hydrogens (primary N) is 1. The predicted octanol–water partition coefficient (Wildman–Crippen LogP) is 1.58. The lowest BCUT2D eigenvalue weighted by molar-refractivity contribution is 0.259. The highest BCUT2D eigenvalue weighted by Gasteiger charge is 2.15. The zero-order valence-corrected chi connectivity index (χ0v) is 11.3. The quantitative estimate of drug-likeness (QED) is 0.665. The molecule has 1 aromatic carbocycles. The van der Waals surface area contributed by atoms with Gasteiger partial charge in [-0.25, -0.2) is 4.79 Å². The summed E-state index contributed by atoms with van der Waals surface area (Å²) in [5.41, 5.74) is 7.01. The fourth-order valence-corrected chi connectivity index (χ4v) is 2.44. The molecule has 0 bridgehead atoms. The smallest absolute Gasteiger partial charge is 0.316 e. The van der Waals surface area contributed by atoms with Crippen molar-refractivity contribution in [1.29, 1.82) is 0 Å². The Morgan fingerprint density at radius 3 is 2.74 bits per heavy atom. The standard InChI is InChI=1S/C14H22N4O/c1-10(17-13-3-2-8-16-9-13)11-4-6-12(7-5-11)18-14(15)19/h4-7,10,13,16-17H,2-3,8-9H2,1H3,(H3,15,18,19). The van der Waals surface area contributed by atoms with E-state index in [1.165, 1.54) is 18.4 Å². The average molecular weight is 262 g/mol. The number of hydrogen-bond donors (Lipinski definition) is 4. The van der Waals surface area contributed by atoms with Gasteiger partial charge in [-0.15, -0.1) is 0 Å². The summed E-state index contributed by atoms with van der Waals surface area (Å²) in [4.78, 5) is 10.7. The summed E-state index contributed by atoms with van der Waals surface area (Å²) >= 11 is 0. The van der Waals surface area contributed by atoms with Gasteiger partial charge in [-0.05, 0) is 44.0 Å². The van der Waals surface area contributed by atoms with E-state index in [0.29, 0.717) is 12.1 Å². The summed E-state index contributed by atoms with van der Waals surface area (Å²) in [6.45, 7) is 4.32. The number of urea groups is 1. The van der Waals surface area contributed by atoms with Crippen molar-refractivity contribution in [1.82, 2.24) is 10.6 Å².